The van der Waals surface area contributed by atoms with Crippen molar-refractivity contribution in [1.82, 2.24) is 0 Å². The lowest BCUT2D eigenvalue weighted by molar-refractivity contribution is 0.475. The standard InChI is InChI=1S/C8H14S.C6H6O/c1-3-4-5-6-7-8(2)9;7-6-4-2-1-3-5-6/h8-9H,3-5H2,1-2H3;1-5,7H. The van der Waals surface area contributed by atoms with Crippen LogP contribution >= 0.6 is 12.6 Å². The third kappa shape index (κ3) is 11.0. The van der Waals surface area contributed by atoms with Gasteiger partial charge in [-0.25, -0.2) is 0 Å². The number of rotatable bonds is 2. The van der Waals surface area contributed by atoms with Crippen molar-refractivity contribution in [2.24, 2.45) is 0 Å². The molecule has 0 amide bonds. The van der Waals surface area contributed by atoms with E-state index in [1.54, 1.807) is 24.3 Å². The van der Waals surface area contributed by atoms with Gasteiger partial charge in [0.2, 0.25) is 0 Å². The Labute approximate surface area is 104 Å². The highest BCUT2D eigenvalue weighted by Crippen LogP contribution is 2.02. The predicted octanol–water partition coefficient (Wildman–Crippen LogP) is 3.89. The van der Waals surface area contributed by atoms with Crippen LogP contribution in [-0.4, -0.2) is 10.4 Å². The second-order valence-electron chi connectivity index (χ2n) is 3.44. The highest BCUT2D eigenvalue weighted by Gasteiger charge is 1.81. The maximum Gasteiger partial charge on any atom is 0.115 e. The summed E-state index contributed by atoms with van der Waals surface area (Å²) in [5.41, 5.74) is 0. The van der Waals surface area contributed by atoms with E-state index in [1.165, 1.54) is 12.8 Å². The van der Waals surface area contributed by atoms with E-state index in [4.69, 9.17) is 5.11 Å². The SMILES string of the molecule is CCCCC#CC(C)S.Oc1ccccc1. The Morgan fingerprint density at radius 3 is 2.31 bits per heavy atom. The van der Waals surface area contributed by atoms with Gasteiger partial charge in [0, 0.05) is 6.42 Å². The monoisotopic (exact) mass is 236 g/mol. The lowest BCUT2D eigenvalue weighted by Crippen LogP contribution is -1.81. The zero-order chi connectivity index (χ0) is 12.2. The summed E-state index contributed by atoms with van der Waals surface area (Å²) in [5.74, 6) is 6.38. The van der Waals surface area contributed by atoms with Gasteiger partial charge in [0.15, 0.2) is 0 Å². The number of thiol groups is 1. The third-order valence-corrected chi connectivity index (χ3v) is 1.85. The summed E-state index contributed by atoms with van der Waals surface area (Å²) < 4.78 is 0. The molecule has 1 aromatic rings. The number of phenolic OH excluding ortho intramolecular Hbond substituents is 1. The van der Waals surface area contributed by atoms with E-state index in [9.17, 15) is 0 Å². The van der Waals surface area contributed by atoms with E-state index in [2.05, 4.69) is 31.4 Å². The molecular weight excluding hydrogens is 216 g/mol. The van der Waals surface area contributed by atoms with Crippen LogP contribution < -0.4 is 0 Å². The molecule has 88 valence electrons. The first-order valence-corrected chi connectivity index (χ1v) is 6.09. The Balaban J connectivity index is 0.000000288. The lowest BCUT2D eigenvalue weighted by Gasteiger charge is -1.86. The fraction of sp³-hybridized carbons (Fsp3) is 0.429. The molecule has 1 N–H and O–H groups in total. The number of hydrogen-bond acceptors (Lipinski definition) is 2. The molecule has 0 heterocycles. The fourth-order valence-electron chi connectivity index (χ4n) is 0.913. The molecule has 2 heteroatoms. The molecule has 1 rings (SSSR count). The van der Waals surface area contributed by atoms with Gasteiger partial charge in [-0.1, -0.05) is 37.5 Å². The quantitative estimate of drug-likeness (QED) is 0.453. The molecule has 0 aromatic heterocycles. The fourth-order valence-corrected chi connectivity index (χ4v) is 1.00. The zero-order valence-electron chi connectivity index (χ0n) is 9.98. The number of para-hydroxylation sites is 1. The van der Waals surface area contributed by atoms with Crippen LogP contribution in [0.2, 0.25) is 0 Å². The van der Waals surface area contributed by atoms with Crippen LogP contribution in [0.15, 0.2) is 30.3 Å². The average Bonchev–Trinajstić information content (AvgIpc) is 2.26. The van der Waals surface area contributed by atoms with E-state index >= 15 is 0 Å². The molecule has 0 aliphatic heterocycles. The molecule has 0 aliphatic rings. The Kier molecular flexibility index (Phi) is 9.75. The molecule has 0 saturated heterocycles. The number of phenols is 1. The maximum absolute atomic E-state index is 8.63. The van der Waals surface area contributed by atoms with Crippen molar-refractivity contribution in [1.29, 1.82) is 0 Å². The van der Waals surface area contributed by atoms with Gasteiger partial charge in [-0.2, -0.15) is 12.6 Å². The van der Waals surface area contributed by atoms with Crippen LogP contribution in [0.3, 0.4) is 0 Å². The molecule has 1 atom stereocenters. The number of unbranched alkanes of at least 4 members (excludes halogenated alkanes) is 2. The Morgan fingerprint density at radius 1 is 1.31 bits per heavy atom. The first-order valence-electron chi connectivity index (χ1n) is 5.57. The summed E-state index contributed by atoms with van der Waals surface area (Å²) in [5, 5.41) is 8.87. The topological polar surface area (TPSA) is 20.2 Å². The molecule has 1 nitrogen and oxygen atoms in total. The van der Waals surface area contributed by atoms with Crippen molar-refractivity contribution in [2.75, 3.05) is 0 Å². The minimum Gasteiger partial charge on any atom is -0.508 e. The van der Waals surface area contributed by atoms with Crippen LogP contribution in [0, 0.1) is 11.8 Å². The highest BCUT2D eigenvalue weighted by molar-refractivity contribution is 7.81. The van der Waals surface area contributed by atoms with E-state index < -0.39 is 0 Å². The summed E-state index contributed by atoms with van der Waals surface area (Å²) in [6, 6.07) is 8.71. The third-order valence-electron chi connectivity index (χ3n) is 1.72. The van der Waals surface area contributed by atoms with Gasteiger partial charge >= 0.3 is 0 Å². The molecule has 0 spiro atoms. The normalized spacial score (nSPS) is 10.4. The first-order chi connectivity index (χ1) is 7.66. The van der Waals surface area contributed by atoms with Crippen LogP contribution in [0.1, 0.15) is 33.1 Å². The largest absolute Gasteiger partial charge is 0.508 e. The Bertz CT molecular complexity index is 309. The van der Waals surface area contributed by atoms with Gasteiger partial charge in [-0.3, -0.25) is 0 Å². The van der Waals surface area contributed by atoms with E-state index in [-0.39, 0.29) is 5.25 Å². The van der Waals surface area contributed by atoms with Gasteiger partial charge in [-0.05, 0) is 25.5 Å². The zero-order valence-corrected chi connectivity index (χ0v) is 10.9. The minimum atomic E-state index is 0.238. The molecule has 1 unspecified atom stereocenters. The van der Waals surface area contributed by atoms with Crippen molar-refractivity contribution in [3.8, 4) is 17.6 Å². The van der Waals surface area contributed by atoms with E-state index in [1.807, 2.05) is 13.0 Å². The van der Waals surface area contributed by atoms with Crippen LogP contribution in [0.25, 0.3) is 0 Å². The van der Waals surface area contributed by atoms with Gasteiger partial charge in [0.1, 0.15) is 5.75 Å². The highest BCUT2D eigenvalue weighted by atomic mass is 32.1. The summed E-state index contributed by atoms with van der Waals surface area (Å²) in [6.45, 7) is 4.16. The van der Waals surface area contributed by atoms with Gasteiger partial charge in [0.05, 0.1) is 5.25 Å². The molecule has 1 aromatic carbocycles. The predicted molar refractivity (Wildman–Crippen MR) is 73.9 cm³/mol. The van der Waals surface area contributed by atoms with Crippen LogP contribution in [0.5, 0.6) is 5.75 Å². The Morgan fingerprint density at radius 2 is 1.94 bits per heavy atom. The number of hydrogen-bond donors (Lipinski definition) is 2. The second kappa shape index (κ2) is 10.4. The van der Waals surface area contributed by atoms with Crippen molar-refractivity contribution in [3.63, 3.8) is 0 Å². The number of aromatic hydroxyl groups is 1. The van der Waals surface area contributed by atoms with Gasteiger partial charge in [0.25, 0.3) is 0 Å². The van der Waals surface area contributed by atoms with Gasteiger partial charge in [-0.15, -0.1) is 5.92 Å². The summed E-state index contributed by atoms with van der Waals surface area (Å²) in [6.07, 6.45) is 3.48. The van der Waals surface area contributed by atoms with Crippen molar-refractivity contribution < 1.29 is 5.11 Å². The molecular formula is C14H20OS. The van der Waals surface area contributed by atoms with Gasteiger partial charge < -0.3 is 5.11 Å². The van der Waals surface area contributed by atoms with E-state index in [0.717, 1.165) is 6.42 Å². The minimum absolute atomic E-state index is 0.238. The second-order valence-corrected chi connectivity index (χ2v) is 4.21. The summed E-state index contributed by atoms with van der Waals surface area (Å²) in [7, 11) is 0. The molecule has 16 heavy (non-hydrogen) atoms. The molecule has 0 bridgehead atoms. The molecule has 0 saturated carbocycles. The van der Waals surface area contributed by atoms with E-state index in [0.29, 0.717) is 5.75 Å². The van der Waals surface area contributed by atoms with Crippen molar-refractivity contribution in [3.05, 3.63) is 30.3 Å². The summed E-state index contributed by atoms with van der Waals surface area (Å²) >= 11 is 4.13. The van der Waals surface area contributed by atoms with Crippen LogP contribution in [-0.2, 0) is 0 Å². The number of benzene rings is 1. The average molecular weight is 236 g/mol. The lowest BCUT2D eigenvalue weighted by atomic mass is 10.2. The van der Waals surface area contributed by atoms with Crippen molar-refractivity contribution >= 4 is 12.6 Å². The van der Waals surface area contributed by atoms with Crippen molar-refractivity contribution in [2.45, 2.75) is 38.4 Å². The molecule has 0 radical (unpaired) electrons. The molecule has 0 fully saturated rings. The smallest absolute Gasteiger partial charge is 0.115 e. The Hall–Kier alpha value is -1.07. The maximum atomic E-state index is 8.63. The first kappa shape index (κ1) is 14.9. The summed E-state index contributed by atoms with van der Waals surface area (Å²) in [4.78, 5) is 0. The molecule has 0 aliphatic carbocycles. The van der Waals surface area contributed by atoms with Crippen LogP contribution in [0.4, 0.5) is 0 Å².